The third-order valence-corrected chi connectivity index (χ3v) is 6.53. The standard InChI is InChI=1S/C19H24FNO2/c1-23-19(11-21-18(22)14-2-4-17(20)5-3-14)15-7-12-6-13(9-15)10-16(19)8-12/h2-5,12-13,15-16H,6-11H2,1H3,(H,21,22). The van der Waals surface area contributed by atoms with Gasteiger partial charge in [-0.1, -0.05) is 0 Å². The van der Waals surface area contributed by atoms with Crippen molar-refractivity contribution in [2.45, 2.75) is 37.7 Å². The van der Waals surface area contributed by atoms with Crippen LogP contribution in [-0.2, 0) is 4.74 Å². The summed E-state index contributed by atoms with van der Waals surface area (Å²) >= 11 is 0. The molecule has 4 heteroatoms. The van der Waals surface area contributed by atoms with Crippen molar-refractivity contribution in [1.82, 2.24) is 5.32 Å². The maximum Gasteiger partial charge on any atom is 0.251 e. The van der Waals surface area contributed by atoms with Crippen LogP contribution in [0.2, 0.25) is 0 Å². The van der Waals surface area contributed by atoms with Crippen LogP contribution in [0.25, 0.3) is 0 Å². The summed E-state index contributed by atoms with van der Waals surface area (Å²) in [5.41, 5.74) is 0.296. The van der Waals surface area contributed by atoms with E-state index in [1.54, 1.807) is 7.11 Å². The van der Waals surface area contributed by atoms with E-state index in [-0.39, 0.29) is 17.3 Å². The van der Waals surface area contributed by atoms with Crippen LogP contribution in [0.3, 0.4) is 0 Å². The molecule has 0 aromatic heterocycles. The lowest BCUT2D eigenvalue weighted by Gasteiger charge is -2.60. The fourth-order valence-corrected chi connectivity index (χ4v) is 5.60. The Hall–Kier alpha value is -1.42. The first kappa shape index (κ1) is 15.1. The minimum absolute atomic E-state index is 0.143. The highest BCUT2D eigenvalue weighted by molar-refractivity contribution is 5.94. The summed E-state index contributed by atoms with van der Waals surface area (Å²) in [4.78, 5) is 12.4. The van der Waals surface area contributed by atoms with Crippen LogP contribution in [0, 0.1) is 29.5 Å². The lowest BCUT2D eigenvalue weighted by molar-refractivity contribution is -0.186. The molecule has 4 aliphatic rings. The summed E-state index contributed by atoms with van der Waals surface area (Å²) in [7, 11) is 1.80. The average molecular weight is 317 g/mol. The predicted octanol–water partition coefficient (Wildman–Crippen LogP) is 3.40. The Morgan fingerprint density at radius 3 is 2.22 bits per heavy atom. The molecule has 4 saturated carbocycles. The zero-order chi connectivity index (χ0) is 16.0. The molecular formula is C19H24FNO2. The van der Waals surface area contributed by atoms with Gasteiger partial charge >= 0.3 is 0 Å². The Morgan fingerprint density at radius 1 is 1.13 bits per heavy atom. The molecule has 23 heavy (non-hydrogen) atoms. The first-order valence-corrected chi connectivity index (χ1v) is 8.69. The van der Waals surface area contributed by atoms with Gasteiger partial charge in [0.25, 0.3) is 5.91 Å². The van der Waals surface area contributed by atoms with E-state index < -0.39 is 0 Å². The van der Waals surface area contributed by atoms with E-state index in [2.05, 4.69) is 5.32 Å². The summed E-state index contributed by atoms with van der Waals surface area (Å²) < 4.78 is 19.0. The van der Waals surface area contributed by atoms with Gasteiger partial charge in [-0.25, -0.2) is 4.39 Å². The number of carbonyl (C=O) groups is 1. The molecule has 0 heterocycles. The molecule has 0 atom stereocenters. The molecule has 1 aromatic rings. The summed E-state index contributed by atoms with van der Waals surface area (Å²) in [6.07, 6.45) is 6.37. The molecule has 0 aliphatic heterocycles. The first-order valence-electron chi connectivity index (χ1n) is 8.69. The van der Waals surface area contributed by atoms with E-state index in [1.807, 2.05) is 0 Å². The van der Waals surface area contributed by atoms with Gasteiger partial charge in [0.15, 0.2) is 0 Å². The Labute approximate surface area is 136 Å². The molecule has 0 radical (unpaired) electrons. The van der Waals surface area contributed by atoms with Gasteiger partial charge in [0.05, 0.1) is 5.60 Å². The van der Waals surface area contributed by atoms with E-state index >= 15 is 0 Å². The molecule has 124 valence electrons. The highest BCUT2D eigenvalue weighted by Gasteiger charge is 2.57. The number of rotatable bonds is 4. The van der Waals surface area contributed by atoms with Gasteiger partial charge in [-0.2, -0.15) is 0 Å². The predicted molar refractivity (Wildman–Crippen MR) is 85.5 cm³/mol. The Bertz CT molecular complexity index is 570. The van der Waals surface area contributed by atoms with Crippen molar-refractivity contribution >= 4 is 5.91 Å². The lowest BCUT2D eigenvalue weighted by Crippen LogP contribution is -2.63. The first-order chi connectivity index (χ1) is 11.1. The van der Waals surface area contributed by atoms with E-state index in [0.717, 1.165) is 11.8 Å². The second-order valence-electron chi connectivity index (χ2n) is 7.65. The van der Waals surface area contributed by atoms with Crippen LogP contribution in [0.5, 0.6) is 0 Å². The molecule has 0 spiro atoms. The molecule has 1 amide bonds. The largest absolute Gasteiger partial charge is 0.376 e. The summed E-state index contributed by atoms with van der Waals surface area (Å²) in [6.45, 7) is 0.564. The zero-order valence-corrected chi connectivity index (χ0v) is 13.6. The van der Waals surface area contributed by atoms with Crippen LogP contribution in [-0.4, -0.2) is 25.2 Å². The molecule has 4 fully saturated rings. The SMILES string of the molecule is COC1(CNC(=O)c2ccc(F)cc2)C2CC3CC(C2)CC1C3. The fraction of sp³-hybridized carbons (Fsp3) is 0.632. The van der Waals surface area contributed by atoms with E-state index in [4.69, 9.17) is 4.74 Å². The molecule has 3 nitrogen and oxygen atoms in total. The van der Waals surface area contributed by atoms with Crippen molar-refractivity contribution in [1.29, 1.82) is 0 Å². The number of nitrogens with one attached hydrogen (secondary N) is 1. The van der Waals surface area contributed by atoms with Crippen molar-refractivity contribution in [3.8, 4) is 0 Å². The van der Waals surface area contributed by atoms with E-state index in [1.165, 1.54) is 56.4 Å². The number of hydrogen-bond acceptors (Lipinski definition) is 2. The number of methoxy groups -OCH3 is 1. The Morgan fingerprint density at radius 2 is 1.70 bits per heavy atom. The molecule has 4 aliphatic carbocycles. The minimum Gasteiger partial charge on any atom is -0.376 e. The molecular weight excluding hydrogens is 293 g/mol. The highest BCUT2D eigenvalue weighted by atomic mass is 19.1. The summed E-state index contributed by atoms with van der Waals surface area (Å²) in [5, 5.41) is 3.05. The topological polar surface area (TPSA) is 38.3 Å². The Kier molecular flexibility index (Phi) is 3.67. The van der Waals surface area contributed by atoms with Crippen LogP contribution < -0.4 is 5.32 Å². The second kappa shape index (κ2) is 5.59. The Balaban J connectivity index is 1.48. The third-order valence-electron chi connectivity index (χ3n) is 6.53. The maximum absolute atomic E-state index is 13.0. The molecule has 0 unspecified atom stereocenters. The molecule has 0 saturated heterocycles. The van der Waals surface area contributed by atoms with Crippen molar-refractivity contribution in [3.05, 3.63) is 35.6 Å². The van der Waals surface area contributed by atoms with Crippen molar-refractivity contribution in [2.24, 2.45) is 23.7 Å². The van der Waals surface area contributed by atoms with Crippen molar-refractivity contribution in [2.75, 3.05) is 13.7 Å². The quantitative estimate of drug-likeness (QED) is 0.924. The van der Waals surface area contributed by atoms with Gasteiger partial charge in [0, 0.05) is 19.2 Å². The maximum atomic E-state index is 13.0. The van der Waals surface area contributed by atoms with E-state index in [9.17, 15) is 9.18 Å². The summed E-state index contributed by atoms with van der Waals surface area (Å²) in [5.74, 6) is 2.41. The lowest BCUT2D eigenvalue weighted by atomic mass is 9.49. The second-order valence-corrected chi connectivity index (χ2v) is 7.65. The van der Waals surface area contributed by atoms with Gasteiger partial charge in [-0.15, -0.1) is 0 Å². The van der Waals surface area contributed by atoms with Gasteiger partial charge in [-0.05, 0) is 80.0 Å². The molecule has 5 rings (SSSR count). The van der Waals surface area contributed by atoms with Crippen LogP contribution >= 0.6 is 0 Å². The van der Waals surface area contributed by atoms with E-state index in [0.29, 0.717) is 23.9 Å². The zero-order valence-electron chi connectivity index (χ0n) is 13.6. The number of halogens is 1. The monoisotopic (exact) mass is 317 g/mol. The van der Waals surface area contributed by atoms with Crippen molar-refractivity contribution < 1.29 is 13.9 Å². The van der Waals surface area contributed by atoms with Crippen molar-refractivity contribution in [3.63, 3.8) is 0 Å². The number of amides is 1. The number of carbonyl (C=O) groups excluding carboxylic acids is 1. The number of ether oxygens (including phenoxy) is 1. The van der Waals surface area contributed by atoms with Gasteiger partial charge in [0.1, 0.15) is 5.82 Å². The molecule has 4 bridgehead atoms. The highest BCUT2D eigenvalue weighted by Crippen LogP contribution is 2.59. The average Bonchev–Trinajstić information content (AvgIpc) is 2.55. The molecule has 1 aromatic carbocycles. The van der Waals surface area contributed by atoms with Gasteiger partial charge < -0.3 is 10.1 Å². The third kappa shape index (κ3) is 2.47. The minimum atomic E-state index is -0.323. The van der Waals surface area contributed by atoms with Crippen LogP contribution in [0.15, 0.2) is 24.3 Å². The van der Waals surface area contributed by atoms with Gasteiger partial charge in [0.2, 0.25) is 0 Å². The fourth-order valence-electron chi connectivity index (χ4n) is 5.60. The van der Waals surface area contributed by atoms with Crippen LogP contribution in [0.4, 0.5) is 4.39 Å². The smallest absolute Gasteiger partial charge is 0.251 e. The molecule has 1 N–H and O–H groups in total. The number of hydrogen-bond donors (Lipinski definition) is 1. The van der Waals surface area contributed by atoms with Gasteiger partial charge in [-0.3, -0.25) is 4.79 Å². The number of benzene rings is 1. The normalized spacial score (nSPS) is 37.8. The summed E-state index contributed by atoms with van der Waals surface area (Å²) in [6, 6.07) is 5.70. The van der Waals surface area contributed by atoms with Crippen LogP contribution in [0.1, 0.15) is 42.5 Å².